The number of halogens is 1. The van der Waals surface area contributed by atoms with Gasteiger partial charge in [0.15, 0.2) is 0 Å². The van der Waals surface area contributed by atoms with Gasteiger partial charge >= 0.3 is 5.63 Å². The van der Waals surface area contributed by atoms with E-state index in [0.29, 0.717) is 17.9 Å². The smallest absolute Gasteiger partial charge is 0.336 e. The third-order valence-electron chi connectivity index (χ3n) is 3.23. The molecule has 3 rings (SSSR count). The average molecular weight is 361 g/mol. The van der Waals surface area contributed by atoms with Crippen molar-refractivity contribution in [3.05, 3.63) is 69.0 Å². The maximum Gasteiger partial charge on any atom is 0.336 e. The van der Waals surface area contributed by atoms with Crippen molar-refractivity contribution in [3.8, 4) is 11.5 Å². The molecule has 1 aromatic heterocycles. The second-order valence-electron chi connectivity index (χ2n) is 4.70. The molecule has 1 heterocycles. The second kappa shape index (κ2) is 6.23. The van der Waals surface area contributed by atoms with Crippen LogP contribution < -0.4 is 15.1 Å². The number of hydrogen-bond acceptors (Lipinski definition) is 4. The SMILES string of the molecule is COc1ccc(Br)cc1COc1ccc2ccc(=O)oc2c1. The van der Waals surface area contributed by atoms with Gasteiger partial charge in [0, 0.05) is 27.6 Å². The number of benzene rings is 2. The van der Waals surface area contributed by atoms with Crippen LogP contribution in [0.15, 0.2) is 62.2 Å². The van der Waals surface area contributed by atoms with Gasteiger partial charge in [0.25, 0.3) is 0 Å². The highest BCUT2D eigenvalue weighted by molar-refractivity contribution is 9.10. The van der Waals surface area contributed by atoms with Crippen LogP contribution in [0, 0.1) is 0 Å². The van der Waals surface area contributed by atoms with Gasteiger partial charge in [0.2, 0.25) is 0 Å². The molecule has 0 atom stereocenters. The third kappa shape index (κ3) is 3.14. The van der Waals surface area contributed by atoms with Crippen LogP contribution in [0.5, 0.6) is 11.5 Å². The Morgan fingerprint density at radius 2 is 1.91 bits per heavy atom. The molecule has 0 radical (unpaired) electrons. The van der Waals surface area contributed by atoms with Crippen molar-refractivity contribution in [2.45, 2.75) is 6.61 Å². The molecule has 0 aliphatic rings. The summed E-state index contributed by atoms with van der Waals surface area (Å²) in [6, 6.07) is 14.3. The van der Waals surface area contributed by atoms with Gasteiger partial charge in [0.1, 0.15) is 23.7 Å². The zero-order valence-electron chi connectivity index (χ0n) is 11.8. The molecular formula is C17H13BrO4. The minimum absolute atomic E-state index is 0.352. The summed E-state index contributed by atoms with van der Waals surface area (Å²) in [5.74, 6) is 1.39. The van der Waals surface area contributed by atoms with Crippen LogP contribution in [0.25, 0.3) is 11.0 Å². The normalized spacial score (nSPS) is 10.6. The predicted octanol–water partition coefficient (Wildman–Crippen LogP) is 4.14. The lowest BCUT2D eigenvalue weighted by Crippen LogP contribution is -1.99. The fourth-order valence-electron chi connectivity index (χ4n) is 2.15. The van der Waals surface area contributed by atoms with E-state index in [2.05, 4.69) is 15.9 Å². The van der Waals surface area contributed by atoms with Crippen molar-refractivity contribution in [2.75, 3.05) is 7.11 Å². The van der Waals surface area contributed by atoms with Crippen LogP contribution in [0.4, 0.5) is 0 Å². The second-order valence-corrected chi connectivity index (χ2v) is 5.61. The molecule has 0 N–H and O–H groups in total. The summed E-state index contributed by atoms with van der Waals surface area (Å²) < 4.78 is 17.2. The first-order valence-corrected chi connectivity index (χ1v) is 7.44. The summed E-state index contributed by atoms with van der Waals surface area (Å²) in [6.45, 7) is 0.352. The monoisotopic (exact) mass is 360 g/mol. The van der Waals surface area contributed by atoms with Crippen LogP contribution in [0.2, 0.25) is 0 Å². The van der Waals surface area contributed by atoms with E-state index in [0.717, 1.165) is 21.2 Å². The molecule has 3 aromatic rings. The minimum Gasteiger partial charge on any atom is -0.496 e. The number of hydrogen-bond donors (Lipinski definition) is 0. The van der Waals surface area contributed by atoms with E-state index < -0.39 is 0 Å². The van der Waals surface area contributed by atoms with Crippen LogP contribution in [-0.4, -0.2) is 7.11 Å². The average Bonchev–Trinajstić information content (AvgIpc) is 2.52. The fraction of sp³-hybridized carbons (Fsp3) is 0.118. The highest BCUT2D eigenvalue weighted by atomic mass is 79.9. The molecule has 0 spiro atoms. The summed E-state index contributed by atoms with van der Waals surface area (Å²) in [4.78, 5) is 11.3. The van der Waals surface area contributed by atoms with Gasteiger partial charge in [-0.3, -0.25) is 0 Å². The molecule has 0 saturated heterocycles. The van der Waals surface area contributed by atoms with E-state index in [1.165, 1.54) is 6.07 Å². The van der Waals surface area contributed by atoms with E-state index in [1.54, 1.807) is 19.2 Å². The Balaban J connectivity index is 1.84. The van der Waals surface area contributed by atoms with Gasteiger partial charge in [-0.25, -0.2) is 4.79 Å². The van der Waals surface area contributed by atoms with E-state index in [9.17, 15) is 4.79 Å². The van der Waals surface area contributed by atoms with Gasteiger partial charge < -0.3 is 13.9 Å². The Kier molecular flexibility index (Phi) is 4.15. The summed E-state index contributed by atoms with van der Waals surface area (Å²) in [7, 11) is 1.62. The Labute approximate surface area is 135 Å². The Morgan fingerprint density at radius 1 is 1.09 bits per heavy atom. The lowest BCUT2D eigenvalue weighted by molar-refractivity contribution is 0.296. The number of fused-ring (bicyclic) bond motifs is 1. The molecule has 0 aliphatic carbocycles. The third-order valence-corrected chi connectivity index (χ3v) is 3.72. The molecule has 0 amide bonds. The number of rotatable bonds is 4. The molecule has 22 heavy (non-hydrogen) atoms. The summed E-state index contributed by atoms with van der Waals surface area (Å²) in [6.07, 6.45) is 0. The van der Waals surface area contributed by atoms with E-state index >= 15 is 0 Å². The molecule has 4 nitrogen and oxygen atoms in total. The maximum absolute atomic E-state index is 11.3. The fourth-order valence-corrected chi connectivity index (χ4v) is 2.56. The Morgan fingerprint density at radius 3 is 2.73 bits per heavy atom. The van der Waals surface area contributed by atoms with Gasteiger partial charge in [-0.05, 0) is 36.4 Å². The maximum atomic E-state index is 11.3. The first-order chi connectivity index (χ1) is 10.7. The lowest BCUT2D eigenvalue weighted by Gasteiger charge is -2.11. The van der Waals surface area contributed by atoms with E-state index in [1.807, 2.05) is 30.3 Å². The first kappa shape index (κ1) is 14.7. The van der Waals surface area contributed by atoms with Crippen LogP contribution in [0.3, 0.4) is 0 Å². The zero-order valence-corrected chi connectivity index (χ0v) is 13.4. The molecule has 0 saturated carbocycles. The topological polar surface area (TPSA) is 48.7 Å². The van der Waals surface area contributed by atoms with Crippen molar-refractivity contribution in [1.82, 2.24) is 0 Å². The largest absolute Gasteiger partial charge is 0.496 e. The quantitative estimate of drug-likeness (QED) is 0.656. The molecule has 0 aliphatic heterocycles. The molecule has 0 bridgehead atoms. The standard InChI is InChI=1S/C17H13BrO4/c1-20-15-6-4-13(18)8-12(15)10-21-14-5-2-11-3-7-17(19)22-16(11)9-14/h2-9H,10H2,1H3. The van der Waals surface area contributed by atoms with Gasteiger partial charge in [-0.15, -0.1) is 0 Å². The van der Waals surface area contributed by atoms with Crippen LogP contribution in [0.1, 0.15) is 5.56 Å². The molecule has 0 fully saturated rings. The highest BCUT2D eigenvalue weighted by Crippen LogP contribution is 2.25. The molecule has 2 aromatic carbocycles. The minimum atomic E-state index is -0.377. The van der Waals surface area contributed by atoms with Crippen LogP contribution in [-0.2, 0) is 6.61 Å². The number of ether oxygens (including phenoxy) is 2. The number of methoxy groups -OCH3 is 1. The van der Waals surface area contributed by atoms with E-state index in [4.69, 9.17) is 13.9 Å². The molecule has 112 valence electrons. The van der Waals surface area contributed by atoms with Crippen molar-refractivity contribution < 1.29 is 13.9 Å². The Hall–Kier alpha value is -2.27. The molecule has 0 unspecified atom stereocenters. The lowest BCUT2D eigenvalue weighted by atomic mass is 10.2. The van der Waals surface area contributed by atoms with Gasteiger partial charge in [0.05, 0.1) is 7.11 Å². The summed E-state index contributed by atoms with van der Waals surface area (Å²) >= 11 is 3.43. The predicted molar refractivity (Wildman–Crippen MR) is 87.5 cm³/mol. The molecular weight excluding hydrogens is 348 g/mol. The van der Waals surface area contributed by atoms with Crippen molar-refractivity contribution in [1.29, 1.82) is 0 Å². The summed E-state index contributed by atoms with van der Waals surface area (Å²) in [5.41, 5.74) is 1.05. The highest BCUT2D eigenvalue weighted by Gasteiger charge is 2.06. The summed E-state index contributed by atoms with van der Waals surface area (Å²) in [5, 5.41) is 0.854. The van der Waals surface area contributed by atoms with Crippen LogP contribution >= 0.6 is 15.9 Å². The molecule has 5 heteroatoms. The van der Waals surface area contributed by atoms with E-state index in [-0.39, 0.29) is 5.63 Å². The zero-order chi connectivity index (χ0) is 15.5. The van der Waals surface area contributed by atoms with Crippen molar-refractivity contribution in [3.63, 3.8) is 0 Å². The van der Waals surface area contributed by atoms with Crippen molar-refractivity contribution >= 4 is 26.9 Å². The first-order valence-electron chi connectivity index (χ1n) is 6.65. The van der Waals surface area contributed by atoms with Gasteiger partial charge in [-0.1, -0.05) is 15.9 Å². The van der Waals surface area contributed by atoms with Crippen molar-refractivity contribution in [2.24, 2.45) is 0 Å². The van der Waals surface area contributed by atoms with Gasteiger partial charge in [-0.2, -0.15) is 0 Å². The Bertz CT molecular complexity index is 870.